The molecule has 0 bridgehead atoms. The Morgan fingerprint density at radius 2 is 1.79 bits per heavy atom. The van der Waals surface area contributed by atoms with E-state index in [9.17, 15) is 31.1 Å². The summed E-state index contributed by atoms with van der Waals surface area (Å²) in [5.74, 6) is -1.72. The van der Waals surface area contributed by atoms with Crippen LogP contribution in [0.4, 0.5) is 26.3 Å². The fourth-order valence-electron chi connectivity index (χ4n) is 3.98. The van der Waals surface area contributed by atoms with Crippen LogP contribution in [0.25, 0.3) is 20.5 Å². The Hall–Kier alpha value is -3.01. The first-order valence-electron chi connectivity index (χ1n) is 12.1. The van der Waals surface area contributed by atoms with Gasteiger partial charge in [-0.2, -0.15) is 26.3 Å². The van der Waals surface area contributed by atoms with Crippen LogP contribution in [0.3, 0.4) is 0 Å². The predicted molar refractivity (Wildman–Crippen MR) is 136 cm³/mol. The van der Waals surface area contributed by atoms with E-state index in [-0.39, 0.29) is 17.9 Å². The van der Waals surface area contributed by atoms with E-state index in [1.807, 2.05) is 6.92 Å². The molecule has 0 aliphatic rings. The summed E-state index contributed by atoms with van der Waals surface area (Å²) in [6, 6.07) is 10.9. The molecule has 0 saturated carbocycles. The Morgan fingerprint density at radius 1 is 1.03 bits per heavy atom. The number of ether oxygens (including phenoxy) is 2. The minimum Gasteiger partial charge on any atom is -0.493 e. The second kappa shape index (κ2) is 12.7. The number of carbonyl (C=O) groups excluding carboxylic acids is 1. The molecule has 3 rings (SSSR count). The number of hydrogen-bond donors (Lipinski definition) is 0. The Morgan fingerprint density at radius 3 is 2.45 bits per heavy atom. The summed E-state index contributed by atoms with van der Waals surface area (Å²) in [5, 5.41) is 0.684. The molecule has 0 N–H and O–H groups in total. The van der Waals surface area contributed by atoms with Crippen molar-refractivity contribution in [2.45, 2.75) is 51.4 Å². The van der Waals surface area contributed by atoms with Crippen molar-refractivity contribution in [3.05, 3.63) is 66.2 Å². The molecule has 1 atom stereocenters. The van der Waals surface area contributed by atoms with Crippen LogP contribution in [-0.4, -0.2) is 25.4 Å². The van der Waals surface area contributed by atoms with E-state index < -0.39 is 42.8 Å². The van der Waals surface area contributed by atoms with Gasteiger partial charge >= 0.3 is 18.3 Å². The molecule has 1 aromatic heterocycles. The first kappa shape index (κ1) is 29.5. The van der Waals surface area contributed by atoms with Crippen LogP contribution < -0.4 is 4.74 Å². The zero-order chi connectivity index (χ0) is 27.9. The summed E-state index contributed by atoms with van der Waals surface area (Å²) in [7, 11) is 0. The Balaban J connectivity index is 1.81. The number of alkyl halides is 6. The monoisotopic (exact) mass is 558 g/mol. The third-order valence-corrected chi connectivity index (χ3v) is 6.98. The third-order valence-electron chi connectivity index (χ3n) is 5.85. The van der Waals surface area contributed by atoms with E-state index in [4.69, 9.17) is 9.47 Å². The molecule has 0 aliphatic heterocycles. The number of benzene rings is 2. The molecule has 2 aromatic carbocycles. The van der Waals surface area contributed by atoms with Gasteiger partial charge in [-0.15, -0.1) is 11.3 Å². The first-order chi connectivity index (χ1) is 17.9. The lowest BCUT2D eigenvalue weighted by atomic mass is 9.98. The lowest BCUT2D eigenvalue weighted by Gasteiger charge is -2.19. The van der Waals surface area contributed by atoms with Crippen LogP contribution in [-0.2, 0) is 22.1 Å². The average Bonchev–Trinajstić information content (AvgIpc) is 3.27. The number of hydrogen-bond acceptors (Lipinski definition) is 4. The summed E-state index contributed by atoms with van der Waals surface area (Å²) in [4.78, 5) is 11.7. The molecule has 1 unspecified atom stereocenters. The number of carbonyl (C=O) groups is 1. The molecule has 10 heteroatoms. The van der Waals surface area contributed by atoms with Crippen LogP contribution in [0.1, 0.15) is 43.7 Å². The molecule has 3 nitrogen and oxygen atoms in total. The molecule has 38 heavy (non-hydrogen) atoms. The van der Waals surface area contributed by atoms with Crippen molar-refractivity contribution in [1.82, 2.24) is 0 Å². The largest absolute Gasteiger partial charge is 0.493 e. The van der Waals surface area contributed by atoms with Crippen molar-refractivity contribution in [3.8, 4) is 16.2 Å². The van der Waals surface area contributed by atoms with Crippen LogP contribution in [0.5, 0.6) is 5.75 Å². The van der Waals surface area contributed by atoms with Crippen LogP contribution >= 0.6 is 11.3 Å². The van der Waals surface area contributed by atoms with Gasteiger partial charge in [0.25, 0.3) is 0 Å². The number of aryl methyl sites for hydroxylation is 1. The minimum absolute atomic E-state index is 0.0784. The van der Waals surface area contributed by atoms with E-state index in [2.05, 4.69) is 6.58 Å². The highest BCUT2D eigenvalue weighted by Gasteiger charge is 2.35. The standard InChI is InChI=1S/C28H28F6O3S/c1-3-5-6-7-18-8-11-22(23(12-18)28(32,33)34)25-13-20-9-10-21(14-24(20)38-25)36-16-19(15-27(29,30)31)17-37-26(35)4-2/h4,8-14,19H,2-3,5-7,15-17H2,1H3. The second-order valence-corrected chi connectivity index (χ2v) is 10.1. The number of rotatable bonds is 12. The molecule has 0 fully saturated rings. The van der Waals surface area contributed by atoms with Gasteiger partial charge < -0.3 is 9.47 Å². The number of thiophene rings is 1. The van der Waals surface area contributed by atoms with Crippen molar-refractivity contribution in [2.24, 2.45) is 5.92 Å². The quantitative estimate of drug-likeness (QED) is 0.0963. The summed E-state index contributed by atoms with van der Waals surface area (Å²) in [5.41, 5.74) is 0.0202. The van der Waals surface area contributed by atoms with Crippen molar-refractivity contribution >= 4 is 27.4 Å². The number of fused-ring (bicyclic) bond motifs is 1. The molecule has 3 aromatic rings. The second-order valence-electron chi connectivity index (χ2n) is 8.98. The zero-order valence-electron chi connectivity index (χ0n) is 20.8. The van der Waals surface area contributed by atoms with Crippen molar-refractivity contribution in [3.63, 3.8) is 0 Å². The van der Waals surface area contributed by atoms with Gasteiger partial charge in [0.15, 0.2) is 0 Å². The van der Waals surface area contributed by atoms with Gasteiger partial charge in [0.1, 0.15) is 5.75 Å². The van der Waals surface area contributed by atoms with Crippen LogP contribution in [0.15, 0.2) is 55.1 Å². The van der Waals surface area contributed by atoms with Gasteiger partial charge in [-0.25, -0.2) is 4.79 Å². The molecule has 0 radical (unpaired) electrons. The number of esters is 1. The fraction of sp³-hybridized carbons (Fsp3) is 0.393. The fourth-order valence-corrected chi connectivity index (χ4v) is 5.11. The smallest absolute Gasteiger partial charge is 0.417 e. The maximum atomic E-state index is 13.9. The normalized spacial score (nSPS) is 12.9. The van der Waals surface area contributed by atoms with Crippen molar-refractivity contribution < 1.29 is 40.6 Å². The molecular weight excluding hydrogens is 530 g/mol. The summed E-state index contributed by atoms with van der Waals surface area (Å²) in [6.45, 7) is 4.37. The van der Waals surface area contributed by atoms with E-state index in [0.717, 1.165) is 36.7 Å². The van der Waals surface area contributed by atoms with E-state index in [0.29, 0.717) is 26.9 Å². The van der Waals surface area contributed by atoms with Crippen LogP contribution in [0.2, 0.25) is 0 Å². The van der Waals surface area contributed by atoms with Crippen molar-refractivity contribution in [2.75, 3.05) is 13.2 Å². The molecule has 206 valence electrons. The van der Waals surface area contributed by atoms with Gasteiger partial charge in [-0.3, -0.25) is 0 Å². The van der Waals surface area contributed by atoms with Gasteiger partial charge in [0, 0.05) is 27.1 Å². The highest BCUT2D eigenvalue weighted by molar-refractivity contribution is 7.22. The van der Waals surface area contributed by atoms with Gasteiger partial charge in [0.05, 0.1) is 25.2 Å². The number of unbranched alkanes of at least 4 members (excludes halogenated alkanes) is 2. The maximum Gasteiger partial charge on any atom is 0.417 e. The van der Waals surface area contributed by atoms with Gasteiger partial charge in [0.2, 0.25) is 0 Å². The van der Waals surface area contributed by atoms with Gasteiger partial charge in [-0.1, -0.05) is 38.5 Å². The summed E-state index contributed by atoms with van der Waals surface area (Å²) in [6.07, 6.45) is -6.04. The van der Waals surface area contributed by atoms with Crippen molar-refractivity contribution in [1.29, 1.82) is 0 Å². The Bertz CT molecular complexity index is 1250. The minimum atomic E-state index is -4.52. The highest BCUT2D eigenvalue weighted by atomic mass is 32.1. The lowest BCUT2D eigenvalue weighted by molar-refractivity contribution is -0.157. The zero-order valence-corrected chi connectivity index (χ0v) is 21.6. The highest BCUT2D eigenvalue weighted by Crippen LogP contribution is 2.42. The molecule has 0 spiro atoms. The summed E-state index contributed by atoms with van der Waals surface area (Å²) >= 11 is 1.14. The third kappa shape index (κ3) is 8.51. The topological polar surface area (TPSA) is 35.5 Å². The average molecular weight is 559 g/mol. The van der Waals surface area contributed by atoms with E-state index in [1.165, 1.54) is 12.1 Å². The lowest BCUT2D eigenvalue weighted by Crippen LogP contribution is -2.25. The first-order valence-corrected chi connectivity index (χ1v) is 12.9. The Kier molecular flexibility index (Phi) is 9.87. The molecule has 1 heterocycles. The molecular formula is C28H28F6O3S. The molecule has 0 aliphatic carbocycles. The maximum absolute atomic E-state index is 13.9. The van der Waals surface area contributed by atoms with Gasteiger partial charge in [-0.05, 0) is 54.1 Å². The van der Waals surface area contributed by atoms with E-state index >= 15 is 0 Å². The Labute approximate surface area is 221 Å². The van der Waals surface area contributed by atoms with Crippen LogP contribution in [0, 0.1) is 5.92 Å². The summed E-state index contributed by atoms with van der Waals surface area (Å²) < 4.78 is 91.5. The molecule has 0 amide bonds. The molecule has 0 saturated heterocycles. The predicted octanol–water partition coefficient (Wildman–Crippen LogP) is 9.00. The SMILES string of the molecule is C=CC(=O)OCC(COc1ccc2cc(-c3ccc(CCCCC)cc3C(F)(F)F)sc2c1)CC(F)(F)F. The van der Waals surface area contributed by atoms with E-state index in [1.54, 1.807) is 30.3 Å². The number of halogens is 6.